The molecule has 0 bridgehead atoms. The second-order valence-electron chi connectivity index (χ2n) is 3.19. The summed E-state index contributed by atoms with van der Waals surface area (Å²) in [5.74, 6) is -1.10. The fraction of sp³-hybridized carbons (Fsp3) is 0.333. The Balaban J connectivity index is 3.02. The van der Waals surface area contributed by atoms with Gasteiger partial charge in [-0.25, -0.2) is 4.79 Å². The van der Waals surface area contributed by atoms with E-state index in [0.29, 0.717) is 6.54 Å². The van der Waals surface area contributed by atoms with Crippen LogP contribution in [0.25, 0.3) is 0 Å². The molecule has 1 rings (SSSR count). The normalized spacial score (nSPS) is 12.4. The monoisotopic (exact) mass is 196 g/mol. The molecule has 0 aromatic carbocycles. The molecule has 3 N–H and O–H groups in total. The molecule has 1 aromatic heterocycles. The minimum absolute atomic E-state index is 0.00377. The van der Waals surface area contributed by atoms with Crippen molar-refractivity contribution in [2.75, 3.05) is 0 Å². The third-order valence-electron chi connectivity index (χ3n) is 1.73. The summed E-state index contributed by atoms with van der Waals surface area (Å²) in [6.07, 6.45) is 1.44. The van der Waals surface area contributed by atoms with Crippen molar-refractivity contribution in [3.05, 3.63) is 34.2 Å². The molecule has 0 radical (unpaired) electrons. The molecule has 0 fully saturated rings. The Morgan fingerprint density at radius 2 is 2.36 bits per heavy atom. The molecule has 5 nitrogen and oxygen atoms in total. The highest BCUT2D eigenvalue weighted by Crippen LogP contribution is 1.94. The van der Waals surface area contributed by atoms with Gasteiger partial charge in [0.1, 0.15) is 0 Å². The Bertz CT molecular complexity index is 395. The molecule has 0 spiro atoms. The fourth-order valence-corrected chi connectivity index (χ4v) is 1.10. The summed E-state index contributed by atoms with van der Waals surface area (Å²) in [6.45, 7) is 2.16. The first kappa shape index (κ1) is 10.5. The van der Waals surface area contributed by atoms with E-state index in [0.717, 1.165) is 6.07 Å². The van der Waals surface area contributed by atoms with E-state index < -0.39 is 5.97 Å². The van der Waals surface area contributed by atoms with Crippen LogP contribution in [0.15, 0.2) is 23.1 Å². The maximum Gasteiger partial charge on any atom is 0.335 e. The summed E-state index contributed by atoms with van der Waals surface area (Å²) in [5, 5.41) is 8.61. The summed E-state index contributed by atoms with van der Waals surface area (Å²) in [5.41, 5.74) is 5.17. The Kier molecular flexibility index (Phi) is 3.03. The van der Waals surface area contributed by atoms with Gasteiger partial charge in [0.15, 0.2) is 0 Å². The van der Waals surface area contributed by atoms with Crippen molar-refractivity contribution in [2.45, 2.75) is 19.5 Å². The van der Waals surface area contributed by atoms with Crippen LogP contribution in [0.2, 0.25) is 0 Å². The van der Waals surface area contributed by atoms with Gasteiger partial charge in [0, 0.05) is 24.8 Å². The number of pyridine rings is 1. The predicted molar refractivity (Wildman–Crippen MR) is 51.3 cm³/mol. The van der Waals surface area contributed by atoms with E-state index in [9.17, 15) is 9.59 Å². The van der Waals surface area contributed by atoms with Crippen molar-refractivity contribution in [3.8, 4) is 0 Å². The van der Waals surface area contributed by atoms with Gasteiger partial charge in [-0.3, -0.25) is 4.79 Å². The van der Waals surface area contributed by atoms with Crippen LogP contribution in [-0.2, 0) is 6.54 Å². The molecule has 5 heteroatoms. The zero-order valence-corrected chi connectivity index (χ0v) is 7.80. The quantitative estimate of drug-likeness (QED) is 0.706. The van der Waals surface area contributed by atoms with Crippen LogP contribution in [0.3, 0.4) is 0 Å². The number of hydrogen-bond donors (Lipinski definition) is 2. The lowest BCUT2D eigenvalue weighted by atomic mass is 10.2. The maximum absolute atomic E-state index is 11.3. The molecule has 0 saturated carbocycles. The van der Waals surface area contributed by atoms with Gasteiger partial charge in [-0.2, -0.15) is 0 Å². The predicted octanol–water partition coefficient (Wildman–Crippen LogP) is -0.106. The number of nitrogens with zero attached hydrogens (tertiary/aromatic N) is 1. The molecular weight excluding hydrogens is 184 g/mol. The lowest BCUT2D eigenvalue weighted by Gasteiger charge is -2.08. The molecular formula is C9H12N2O3. The fourth-order valence-electron chi connectivity index (χ4n) is 1.10. The van der Waals surface area contributed by atoms with Crippen molar-refractivity contribution in [2.24, 2.45) is 5.73 Å². The van der Waals surface area contributed by atoms with Gasteiger partial charge in [-0.15, -0.1) is 0 Å². The zero-order valence-electron chi connectivity index (χ0n) is 7.80. The summed E-state index contributed by atoms with van der Waals surface area (Å²) >= 11 is 0. The smallest absolute Gasteiger partial charge is 0.335 e. The molecule has 1 aromatic rings. The second kappa shape index (κ2) is 4.06. The van der Waals surface area contributed by atoms with Crippen LogP contribution < -0.4 is 11.3 Å². The average molecular weight is 196 g/mol. The minimum atomic E-state index is -1.10. The van der Waals surface area contributed by atoms with E-state index in [4.69, 9.17) is 10.8 Å². The van der Waals surface area contributed by atoms with Crippen LogP contribution in [-0.4, -0.2) is 21.7 Å². The average Bonchev–Trinajstić information content (AvgIpc) is 2.07. The Labute approximate surface area is 80.8 Å². The van der Waals surface area contributed by atoms with Crippen molar-refractivity contribution in [3.63, 3.8) is 0 Å². The minimum Gasteiger partial charge on any atom is -0.478 e. The lowest BCUT2D eigenvalue weighted by molar-refractivity contribution is 0.0696. The number of rotatable bonds is 3. The van der Waals surface area contributed by atoms with E-state index in [-0.39, 0.29) is 17.2 Å². The number of hydrogen-bond acceptors (Lipinski definition) is 3. The number of aromatic carboxylic acids is 1. The number of aromatic nitrogens is 1. The van der Waals surface area contributed by atoms with E-state index in [1.165, 1.54) is 16.8 Å². The van der Waals surface area contributed by atoms with E-state index >= 15 is 0 Å². The van der Waals surface area contributed by atoms with Gasteiger partial charge in [-0.05, 0) is 13.0 Å². The summed E-state index contributed by atoms with van der Waals surface area (Å²) in [4.78, 5) is 21.8. The molecule has 0 aliphatic rings. The SMILES string of the molecule is C[C@H](N)Cn1ccc(C(=O)O)cc1=O. The van der Waals surface area contributed by atoms with E-state index in [1.54, 1.807) is 6.92 Å². The van der Waals surface area contributed by atoms with Crippen molar-refractivity contribution in [1.82, 2.24) is 4.57 Å². The van der Waals surface area contributed by atoms with Crippen LogP contribution in [0.5, 0.6) is 0 Å². The van der Waals surface area contributed by atoms with Crippen molar-refractivity contribution in [1.29, 1.82) is 0 Å². The molecule has 1 heterocycles. The van der Waals surface area contributed by atoms with Crippen molar-refractivity contribution >= 4 is 5.97 Å². The molecule has 0 unspecified atom stereocenters. The molecule has 0 aliphatic carbocycles. The Morgan fingerprint density at radius 1 is 1.71 bits per heavy atom. The maximum atomic E-state index is 11.3. The van der Waals surface area contributed by atoms with Crippen LogP contribution in [0, 0.1) is 0 Å². The molecule has 0 aliphatic heterocycles. The van der Waals surface area contributed by atoms with E-state index in [1.807, 2.05) is 0 Å². The third kappa shape index (κ3) is 2.43. The summed E-state index contributed by atoms with van der Waals surface area (Å²) < 4.78 is 1.39. The summed E-state index contributed by atoms with van der Waals surface area (Å²) in [6, 6.07) is 2.33. The molecule has 14 heavy (non-hydrogen) atoms. The topological polar surface area (TPSA) is 85.3 Å². The standard InChI is InChI=1S/C9H12N2O3/c1-6(10)5-11-3-2-7(9(13)14)4-8(11)12/h2-4,6H,5,10H2,1H3,(H,13,14)/t6-/m0/s1. The zero-order chi connectivity index (χ0) is 10.7. The Hall–Kier alpha value is -1.62. The molecule has 76 valence electrons. The molecule has 1 atom stereocenters. The number of nitrogens with two attached hydrogens (primary N) is 1. The summed E-state index contributed by atoms with van der Waals surface area (Å²) in [7, 11) is 0. The van der Waals surface area contributed by atoms with Crippen LogP contribution >= 0.6 is 0 Å². The highest BCUT2D eigenvalue weighted by atomic mass is 16.4. The van der Waals surface area contributed by atoms with Gasteiger partial charge in [0.2, 0.25) is 0 Å². The van der Waals surface area contributed by atoms with Crippen LogP contribution in [0.4, 0.5) is 0 Å². The van der Waals surface area contributed by atoms with Crippen LogP contribution in [0.1, 0.15) is 17.3 Å². The largest absolute Gasteiger partial charge is 0.478 e. The lowest BCUT2D eigenvalue weighted by Crippen LogP contribution is -2.29. The number of carboxylic acids is 1. The van der Waals surface area contributed by atoms with Gasteiger partial charge in [0.05, 0.1) is 5.56 Å². The second-order valence-corrected chi connectivity index (χ2v) is 3.19. The number of carbonyl (C=O) groups is 1. The van der Waals surface area contributed by atoms with Gasteiger partial charge in [-0.1, -0.05) is 0 Å². The van der Waals surface area contributed by atoms with Gasteiger partial charge < -0.3 is 15.4 Å². The molecule has 0 saturated heterocycles. The highest BCUT2D eigenvalue weighted by Gasteiger charge is 2.05. The first-order valence-corrected chi connectivity index (χ1v) is 4.20. The van der Waals surface area contributed by atoms with E-state index in [2.05, 4.69) is 0 Å². The van der Waals surface area contributed by atoms with Gasteiger partial charge >= 0.3 is 5.97 Å². The van der Waals surface area contributed by atoms with Crippen molar-refractivity contribution < 1.29 is 9.90 Å². The first-order chi connectivity index (χ1) is 6.50. The third-order valence-corrected chi connectivity index (χ3v) is 1.73. The molecule has 0 amide bonds. The first-order valence-electron chi connectivity index (χ1n) is 4.20. The highest BCUT2D eigenvalue weighted by molar-refractivity contribution is 5.87. The Morgan fingerprint density at radius 3 is 2.79 bits per heavy atom. The van der Waals surface area contributed by atoms with Gasteiger partial charge in [0.25, 0.3) is 5.56 Å². The number of carboxylic acid groups (broad SMARTS) is 1.